The van der Waals surface area contributed by atoms with Gasteiger partial charge in [0.15, 0.2) is 0 Å². The van der Waals surface area contributed by atoms with Crippen LogP contribution in [0.2, 0.25) is 0 Å². The first kappa shape index (κ1) is 28.6. The lowest BCUT2D eigenvalue weighted by Gasteiger charge is -2.14. The predicted molar refractivity (Wildman–Crippen MR) is 140 cm³/mol. The first-order valence-corrected chi connectivity index (χ1v) is 12.4. The molecule has 0 saturated carbocycles. The van der Waals surface area contributed by atoms with Crippen molar-refractivity contribution in [2.24, 2.45) is 0 Å². The van der Waals surface area contributed by atoms with E-state index in [2.05, 4.69) is 17.6 Å². The summed E-state index contributed by atoms with van der Waals surface area (Å²) in [5.41, 5.74) is 1.67. The van der Waals surface area contributed by atoms with Crippen LogP contribution in [0.25, 0.3) is 0 Å². The maximum Gasteiger partial charge on any atom is 0.231 e. The van der Waals surface area contributed by atoms with Gasteiger partial charge in [-0.1, -0.05) is 38.8 Å². The second-order valence-electron chi connectivity index (χ2n) is 8.62. The number of hydrogen-bond acceptors (Lipinski definition) is 6. The number of benzene rings is 2. The van der Waals surface area contributed by atoms with E-state index in [1.54, 1.807) is 36.4 Å². The normalized spacial score (nSPS) is 10.4. The molecular formula is C28H36N2O6. The Kier molecular flexibility index (Phi) is 12.2. The van der Waals surface area contributed by atoms with Gasteiger partial charge in [-0.25, -0.2) is 0 Å². The van der Waals surface area contributed by atoms with E-state index >= 15 is 0 Å². The summed E-state index contributed by atoms with van der Waals surface area (Å²) < 4.78 is 11.5. The van der Waals surface area contributed by atoms with Crippen LogP contribution in [0.15, 0.2) is 42.5 Å². The van der Waals surface area contributed by atoms with Crippen molar-refractivity contribution in [1.82, 2.24) is 0 Å². The van der Waals surface area contributed by atoms with Crippen molar-refractivity contribution in [1.29, 1.82) is 0 Å². The third kappa shape index (κ3) is 10.7. The quantitative estimate of drug-likeness (QED) is 0.247. The lowest BCUT2D eigenvalue weighted by atomic mass is 10.0. The first-order chi connectivity index (χ1) is 17.3. The summed E-state index contributed by atoms with van der Waals surface area (Å²) in [6.07, 6.45) is 3.26. The topological polar surface area (TPSA) is 111 Å². The molecule has 0 aliphatic heterocycles. The molecule has 0 unspecified atom stereocenters. The molecule has 8 heteroatoms. The van der Waals surface area contributed by atoms with Crippen molar-refractivity contribution < 1.29 is 28.7 Å². The first-order valence-electron chi connectivity index (χ1n) is 12.4. The Balaban J connectivity index is 2.00. The van der Waals surface area contributed by atoms with Crippen molar-refractivity contribution in [3.05, 3.63) is 48.0 Å². The molecule has 0 heterocycles. The van der Waals surface area contributed by atoms with E-state index in [-0.39, 0.29) is 30.8 Å². The molecule has 0 aliphatic rings. The van der Waals surface area contributed by atoms with E-state index in [4.69, 9.17) is 9.47 Å². The van der Waals surface area contributed by atoms with E-state index in [0.717, 1.165) is 25.7 Å². The molecule has 2 aromatic rings. The van der Waals surface area contributed by atoms with Crippen LogP contribution in [0.3, 0.4) is 0 Å². The highest BCUT2D eigenvalue weighted by Gasteiger charge is 2.15. The van der Waals surface area contributed by atoms with E-state index in [1.807, 2.05) is 13.0 Å². The zero-order chi connectivity index (χ0) is 26.3. The van der Waals surface area contributed by atoms with Crippen LogP contribution in [0.5, 0.6) is 11.5 Å². The molecule has 0 bridgehead atoms. The Morgan fingerprint density at radius 1 is 0.778 bits per heavy atom. The van der Waals surface area contributed by atoms with Crippen molar-refractivity contribution >= 4 is 34.8 Å². The third-order valence-electron chi connectivity index (χ3n) is 5.15. The van der Waals surface area contributed by atoms with Gasteiger partial charge >= 0.3 is 0 Å². The second-order valence-corrected chi connectivity index (χ2v) is 8.62. The maximum absolute atomic E-state index is 12.7. The highest BCUT2D eigenvalue weighted by Crippen LogP contribution is 2.25. The SMILES string of the molecule is CCCCOc1cccc(NC(=O)CC(=O)Cc2ccc(NC(=O)CC(C)=O)cc2OCCCC)c1. The predicted octanol–water partition coefficient (Wildman–Crippen LogP) is 5.10. The molecule has 8 nitrogen and oxygen atoms in total. The van der Waals surface area contributed by atoms with Crippen LogP contribution < -0.4 is 20.1 Å². The fourth-order valence-corrected chi connectivity index (χ4v) is 3.33. The van der Waals surface area contributed by atoms with Gasteiger partial charge in [0.1, 0.15) is 23.1 Å². The summed E-state index contributed by atoms with van der Waals surface area (Å²) in [5.74, 6) is -0.193. The Hall–Kier alpha value is -3.68. The number of unbranched alkanes of at least 4 members (excludes halogenated alkanes) is 2. The molecule has 0 spiro atoms. The molecule has 194 valence electrons. The van der Waals surface area contributed by atoms with Crippen LogP contribution in [0.4, 0.5) is 11.4 Å². The molecule has 2 N–H and O–H groups in total. The van der Waals surface area contributed by atoms with Crippen LogP contribution in [-0.4, -0.2) is 36.6 Å². The minimum Gasteiger partial charge on any atom is -0.494 e. The molecule has 0 aromatic heterocycles. The van der Waals surface area contributed by atoms with Gasteiger partial charge in [-0.05, 0) is 38.0 Å². The summed E-state index contributed by atoms with van der Waals surface area (Å²) in [5, 5.41) is 5.41. The van der Waals surface area contributed by atoms with Gasteiger partial charge in [-0.2, -0.15) is 0 Å². The number of carbonyl (C=O) groups excluding carboxylic acids is 4. The van der Waals surface area contributed by atoms with Gasteiger partial charge < -0.3 is 20.1 Å². The molecule has 0 saturated heterocycles. The average molecular weight is 497 g/mol. The van der Waals surface area contributed by atoms with Crippen LogP contribution in [-0.2, 0) is 25.6 Å². The summed E-state index contributed by atoms with van der Waals surface area (Å²) in [4.78, 5) is 48.2. The van der Waals surface area contributed by atoms with Gasteiger partial charge in [0.2, 0.25) is 11.8 Å². The number of rotatable bonds is 16. The summed E-state index contributed by atoms with van der Waals surface area (Å²) in [6, 6.07) is 12.1. The van der Waals surface area contributed by atoms with E-state index in [9.17, 15) is 19.2 Å². The Morgan fingerprint density at radius 2 is 1.42 bits per heavy atom. The minimum atomic E-state index is -0.415. The number of nitrogens with one attached hydrogen (secondary N) is 2. The molecule has 0 fully saturated rings. The number of carbonyl (C=O) groups is 4. The zero-order valence-electron chi connectivity index (χ0n) is 21.4. The Labute approximate surface area is 212 Å². The fraction of sp³-hybridized carbons (Fsp3) is 0.429. The number of hydrogen-bond donors (Lipinski definition) is 2. The number of anilines is 2. The Bertz CT molecular complexity index is 1050. The third-order valence-corrected chi connectivity index (χ3v) is 5.15. The van der Waals surface area contributed by atoms with Crippen molar-refractivity contribution in [3.63, 3.8) is 0 Å². The molecule has 0 atom stereocenters. The number of amides is 2. The number of ketones is 2. The smallest absolute Gasteiger partial charge is 0.231 e. The monoisotopic (exact) mass is 496 g/mol. The van der Waals surface area contributed by atoms with Crippen LogP contribution >= 0.6 is 0 Å². The van der Waals surface area contributed by atoms with Crippen LogP contribution in [0, 0.1) is 0 Å². The average Bonchev–Trinajstić information content (AvgIpc) is 2.80. The highest BCUT2D eigenvalue weighted by atomic mass is 16.5. The summed E-state index contributed by atoms with van der Waals surface area (Å²) in [7, 11) is 0. The van der Waals surface area contributed by atoms with E-state index in [1.165, 1.54) is 6.92 Å². The lowest BCUT2D eigenvalue weighted by Crippen LogP contribution is -2.18. The fourth-order valence-electron chi connectivity index (χ4n) is 3.33. The molecule has 36 heavy (non-hydrogen) atoms. The molecule has 2 amide bonds. The number of Topliss-reactive ketones (excluding diaryl/α,β-unsaturated/α-hetero) is 2. The molecular weight excluding hydrogens is 460 g/mol. The van der Waals surface area contributed by atoms with Gasteiger partial charge in [0, 0.05) is 35.5 Å². The molecule has 0 aliphatic carbocycles. The van der Waals surface area contributed by atoms with Crippen molar-refractivity contribution in [3.8, 4) is 11.5 Å². The van der Waals surface area contributed by atoms with E-state index in [0.29, 0.717) is 41.7 Å². The highest BCUT2D eigenvalue weighted by molar-refractivity contribution is 6.05. The van der Waals surface area contributed by atoms with Gasteiger partial charge in [-0.15, -0.1) is 0 Å². The maximum atomic E-state index is 12.7. The molecule has 2 aromatic carbocycles. The second kappa shape index (κ2) is 15.3. The largest absolute Gasteiger partial charge is 0.494 e. The van der Waals surface area contributed by atoms with Gasteiger partial charge in [0.05, 0.1) is 26.1 Å². The minimum absolute atomic E-state index is 0.0106. The summed E-state index contributed by atoms with van der Waals surface area (Å²) in [6.45, 7) is 6.54. The Morgan fingerprint density at radius 3 is 2.08 bits per heavy atom. The van der Waals surface area contributed by atoms with Crippen molar-refractivity contribution in [2.45, 2.75) is 65.7 Å². The van der Waals surface area contributed by atoms with Crippen molar-refractivity contribution in [2.75, 3.05) is 23.8 Å². The zero-order valence-corrected chi connectivity index (χ0v) is 21.4. The van der Waals surface area contributed by atoms with Gasteiger partial charge in [-0.3, -0.25) is 19.2 Å². The van der Waals surface area contributed by atoms with E-state index < -0.39 is 11.8 Å². The van der Waals surface area contributed by atoms with Crippen LogP contribution in [0.1, 0.15) is 64.9 Å². The van der Waals surface area contributed by atoms with Gasteiger partial charge in [0.25, 0.3) is 0 Å². The molecule has 0 radical (unpaired) electrons. The molecule has 2 rings (SSSR count). The number of ether oxygens (including phenoxy) is 2. The standard InChI is InChI=1S/C28H36N2O6/c1-4-6-13-35-25-10-8-9-22(17-25)29-28(34)19-24(32)16-21-11-12-23(30-27(33)15-20(3)31)18-26(21)36-14-7-5-2/h8-12,17-18H,4-7,13-16,19H2,1-3H3,(H,29,34)(H,30,33). The summed E-state index contributed by atoms with van der Waals surface area (Å²) >= 11 is 0. The lowest BCUT2D eigenvalue weighted by molar-refractivity contribution is -0.126.